The third-order valence-electron chi connectivity index (χ3n) is 3.12. The Balaban J connectivity index is 2.05. The van der Waals surface area contributed by atoms with Gasteiger partial charge in [-0.3, -0.25) is 9.36 Å². The van der Waals surface area contributed by atoms with Crippen LogP contribution in [0.25, 0.3) is 0 Å². The number of nitrogens with zero attached hydrogens (tertiary/aromatic N) is 2. The molecule has 94 valence electrons. The van der Waals surface area contributed by atoms with E-state index in [1.54, 1.807) is 10.9 Å². The van der Waals surface area contributed by atoms with Gasteiger partial charge < -0.3 is 10.4 Å². The second-order valence-electron chi connectivity index (χ2n) is 4.38. The highest BCUT2D eigenvalue weighted by Crippen LogP contribution is 2.06. The van der Waals surface area contributed by atoms with E-state index < -0.39 is 0 Å². The Kier molecular flexibility index (Phi) is 4.28. The van der Waals surface area contributed by atoms with E-state index in [1.807, 2.05) is 0 Å². The van der Waals surface area contributed by atoms with Crippen LogP contribution in [0.4, 0.5) is 0 Å². The molecule has 1 aliphatic rings. The Labute approximate surface area is 100 Å². The summed E-state index contributed by atoms with van der Waals surface area (Å²) < 4.78 is 1.70. The minimum Gasteiger partial charge on any atom is -0.396 e. The van der Waals surface area contributed by atoms with Gasteiger partial charge in [0.2, 0.25) is 0 Å². The van der Waals surface area contributed by atoms with Crippen LogP contribution >= 0.6 is 0 Å². The number of nitrogens with one attached hydrogen (secondary N) is 1. The lowest BCUT2D eigenvalue weighted by molar-refractivity contribution is 0.281. The molecule has 0 bridgehead atoms. The number of rotatable bonds is 5. The molecule has 0 radical (unpaired) electrons. The highest BCUT2D eigenvalue weighted by molar-refractivity contribution is 5.19. The van der Waals surface area contributed by atoms with Crippen molar-refractivity contribution in [3.8, 4) is 0 Å². The summed E-state index contributed by atoms with van der Waals surface area (Å²) in [5, 5.41) is 11.9. The third-order valence-corrected chi connectivity index (χ3v) is 3.12. The molecule has 17 heavy (non-hydrogen) atoms. The Hall–Kier alpha value is -1.20. The van der Waals surface area contributed by atoms with Crippen molar-refractivity contribution in [1.29, 1.82) is 0 Å². The van der Waals surface area contributed by atoms with Gasteiger partial charge >= 0.3 is 0 Å². The van der Waals surface area contributed by atoms with Gasteiger partial charge in [-0.15, -0.1) is 0 Å². The molecule has 2 rings (SSSR count). The van der Waals surface area contributed by atoms with E-state index in [1.165, 1.54) is 0 Å². The number of fused-ring (bicyclic) bond motifs is 1. The molecule has 1 aromatic heterocycles. The van der Waals surface area contributed by atoms with E-state index in [0.717, 1.165) is 43.5 Å². The first kappa shape index (κ1) is 12.3. The van der Waals surface area contributed by atoms with Crippen LogP contribution in [0.2, 0.25) is 0 Å². The predicted octanol–water partition coefficient (Wildman–Crippen LogP) is 0.0516. The summed E-state index contributed by atoms with van der Waals surface area (Å²) in [6.45, 7) is 2.49. The van der Waals surface area contributed by atoms with E-state index in [4.69, 9.17) is 5.11 Å². The number of hydrogen-bond donors (Lipinski definition) is 2. The first-order chi connectivity index (χ1) is 8.33. The summed E-state index contributed by atoms with van der Waals surface area (Å²) in [6.07, 6.45) is 5.09. The molecule has 0 aliphatic carbocycles. The van der Waals surface area contributed by atoms with Crippen molar-refractivity contribution in [3.05, 3.63) is 27.9 Å². The van der Waals surface area contributed by atoms with E-state index in [-0.39, 0.29) is 12.2 Å². The molecular formula is C12H19N3O2. The van der Waals surface area contributed by atoms with Gasteiger partial charge in [0.15, 0.2) is 0 Å². The van der Waals surface area contributed by atoms with Crippen LogP contribution in [0.3, 0.4) is 0 Å². The molecule has 5 heteroatoms. The SMILES string of the molecule is O=c1c2c(ncn1CCCCCO)CNCC2. The molecule has 0 unspecified atom stereocenters. The van der Waals surface area contributed by atoms with Crippen molar-refractivity contribution in [2.24, 2.45) is 0 Å². The predicted molar refractivity (Wildman–Crippen MR) is 64.8 cm³/mol. The first-order valence-electron chi connectivity index (χ1n) is 6.21. The molecule has 0 spiro atoms. The molecule has 0 fully saturated rings. The summed E-state index contributed by atoms with van der Waals surface area (Å²) in [6, 6.07) is 0. The van der Waals surface area contributed by atoms with E-state index in [2.05, 4.69) is 10.3 Å². The number of hydrogen-bond acceptors (Lipinski definition) is 4. The normalized spacial score (nSPS) is 14.6. The zero-order valence-corrected chi connectivity index (χ0v) is 9.98. The standard InChI is InChI=1S/C12H19N3O2/c16-7-3-1-2-6-15-9-14-11-8-13-5-4-10(11)12(15)17/h9,13,16H,1-8H2. The van der Waals surface area contributed by atoms with Crippen LogP contribution in [0.1, 0.15) is 30.5 Å². The fourth-order valence-corrected chi connectivity index (χ4v) is 2.12. The van der Waals surface area contributed by atoms with Gasteiger partial charge in [0.25, 0.3) is 5.56 Å². The van der Waals surface area contributed by atoms with Gasteiger partial charge in [0.05, 0.1) is 12.0 Å². The van der Waals surface area contributed by atoms with Crippen molar-refractivity contribution in [2.75, 3.05) is 13.2 Å². The van der Waals surface area contributed by atoms with Gasteiger partial charge in [-0.25, -0.2) is 4.98 Å². The average Bonchev–Trinajstić information content (AvgIpc) is 2.37. The molecule has 1 aliphatic heterocycles. The molecule has 2 N–H and O–H groups in total. The van der Waals surface area contributed by atoms with Gasteiger partial charge in [-0.2, -0.15) is 0 Å². The van der Waals surface area contributed by atoms with Crippen LogP contribution in [-0.4, -0.2) is 27.8 Å². The minimum absolute atomic E-state index is 0.112. The Morgan fingerprint density at radius 3 is 3.12 bits per heavy atom. The maximum Gasteiger partial charge on any atom is 0.256 e. The van der Waals surface area contributed by atoms with Gasteiger partial charge in [0, 0.05) is 25.3 Å². The highest BCUT2D eigenvalue weighted by Gasteiger charge is 2.14. The second kappa shape index (κ2) is 5.93. The molecule has 0 aromatic carbocycles. The lowest BCUT2D eigenvalue weighted by Gasteiger charge is -2.16. The quantitative estimate of drug-likeness (QED) is 0.710. The first-order valence-corrected chi connectivity index (χ1v) is 6.21. The molecule has 0 saturated heterocycles. The van der Waals surface area contributed by atoms with E-state index in [0.29, 0.717) is 13.1 Å². The lowest BCUT2D eigenvalue weighted by atomic mass is 10.1. The smallest absolute Gasteiger partial charge is 0.256 e. The highest BCUT2D eigenvalue weighted by atomic mass is 16.2. The zero-order valence-electron chi connectivity index (χ0n) is 9.98. The molecule has 0 saturated carbocycles. The third kappa shape index (κ3) is 2.92. The Morgan fingerprint density at radius 1 is 1.41 bits per heavy atom. The van der Waals surface area contributed by atoms with E-state index >= 15 is 0 Å². The van der Waals surface area contributed by atoms with E-state index in [9.17, 15) is 4.79 Å². The largest absolute Gasteiger partial charge is 0.396 e. The number of aliphatic hydroxyl groups excluding tert-OH is 1. The van der Waals surface area contributed by atoms with Crippen LogP contribution in [0, 0.1) is 0 Å². The molecule has 0 atom stereocenters. The van der Waals surface area contributed by atoms with Crippen molar-refractivity contribution in [3.63, 3.8) is 0 Å². The topological polar surface area (TPSA) is 67.2 Å². The van der Waals surface area contributed by atoms with Gasteiger partial charge in [-0.05, 0) is 32.2 Å². The fourth-order valence-electron chi connectivity index (χ4n) is 2.12. The van der Waals surface area contributed by atoms with Crippen molar-refractivity contribution >= 4 is 0 Å². The van der Waals surface area contributed by atoms with Gasteiger partial charge in [-0.1, -0.05) is 0 Å². The second-order valence-corrected chi connectivity index (χ2v) is 4.38. The number of aliphatic hydroxyl groups is 1. The lowest BCUT2D eigenvalue weighted by Crippen LogP contribution is -2.34. The molecule has 5 nitrogen and oxygen atoms in total. The Morgan fingerprint density at radius 2 is 2.29 bits per heavy atom. The maximum absolute atomic E-state index is 12.1. The molecule has 0 amide bonds. The average molecular weight is 237 g/mol. The number of aryl methyl sites for hydroxylation is 1. The number of unbranched alkanes of at least 4 members (excludes halogenated alkanes) is 2. The summed E-state index contributed by atoms with van der Waals surface area (Å²) >= 11 is 0. The van der Waals surface area contributed by atoms with Crippen LogP contribution in [-0.2, 0) is 19.5 Å². The van der Waals surface area contributed by atoms with Crippen molar-refractivity contribution < 1.29 is 5.11 Å². The monoisotopic (exact) mass is 237 g/mol. The van der Waals surface area contributed by atoms with Crippen LogP contribution in [0.5, 0.6) is 0 Å². The minimum atomic E-state index is 0.112. The zero-order chi connectivity index (χ0) is 12.1. The van der Waals surface area contributed by atoms with Gasteiger partial charge in [0.1, 0.15) is 0 Å². The summed E-state index contributed by atoms with van der Waals surface area (Å²) in [4.78, 5) is 16.5. The van der Waals surface area contributed by atoms with Crippen molar-refractivity contribution in [1.82, 2.24) is 14.9 Å². The van der Waals surface area contributed by atoms with Crippen LogP contribution in [0.15, 0.2) is 11.1 Å². The number of aromatic nitrogens is 2. The molecule has 2 heterocycles. The summed E-state index contributed by atoms with van der Waals surface area (Å²) in [5.41, 5.74) is 1.88. The fraction of sp³-hybridized carbons (Fsp3) is 0.667. The van der Waals surface area contributed by atoms with Crippen molar-refractivity contribution in [2.45, 2.75) is 38.8 Å². The molecular weight excluding hydrogens is 218 g/mol. The maximum atomic E-state index is 12.1. The molecule has 1 aromatic rings. The summed E-state index contributed by atoms with van der Waals surface area (Å²) in [7, 11) is 0. The summed E-state index contributed by atoms with van der Waals surface area (Å²) in [5.74, 6) is 0. The van der Waals surface area contributed by atoms with Crippen LogP contribution < -0.4 is 10.9 Å². The Bertz CT molecular complexity index is 428.